The molecule has 2 aromatic carbocycles. The van der Waals surface area contributed by atoms with E-state index in [0.717, 1.165) is 0 Å². The van der Waals surface area contributed by atoms with Crippen LogP contribution in [0.15, 0.2) is 57.7 Å². The van der Waals surface area contributed by atoms with E-state index in [-0.39, 0.29) is 28.2 Å². The monoisotopic (exact) mass is 330 g/mol. The fourth-order valence-corrected chi connectivity index (χ4v) is 2.33. The van der Waals surface area contributed by atoms with E-state index in [9.17, 15) is 4.79 Å². The minimum Gasteiger partial charge on any atom is -0.460 e. The van der Waals surface area contributed by atoms with Crippen LogP contribution in [0.1, 0.15) is 0 Å². The molecule has 0 saturated carbocycles. The number of hydrogen-bond donors (Lipinski definition) is 3. The topological polar surface area (TPSA) is 109 Å². The molecule has 24 heavy (non-hydrogen) atoms. The summed E-state index contributed by atoms with van der Waals surface area (Å²) in [7, 11) is 0. The van der Waals surface area contributed by atoms with Crippen molar-refractivity contribution in [2.75, 3.05) is 6.79 Å². The van der Waals surface area contributed by atoms with Gasteiger partial charge in [-0.25, -0.2) is 0 Å². The van der Waals surface area contributed by atoms with Gasteiger partial charge in [0.25, 0.3) is 0 Å². The van der Waals surface area contributed by atoms with E-state index in [4.69, 9.17) is 29.2 Å². The third-order valence-corrected chi connectivity index (χ3v) is 3.31. The quantitative estimate of drug-likeness (QED) is 0.607. The van der Waals surface area contributed by atoms with Crippen molar-refractivity contribution in [1.29, 1.82) is 0 Å². The Hall–Kier alpha value is -2.87. The number of ether oxygens (including phenoxy) is 2. The minimum absolute atomic E-state index is 0.105. The van der Waals surface area contributed by atoms with E-state index in [2.05, 4.69) is 0 Å². The summed E-state index contributed by atoms with van der Waals surface area (Å²) in [6.07, 6.45) is 0. The van der Waals surface area contributed by atoms with E-state index in [1.54, 1.807) is 24.3 Å². The molecule has 0 bridgehead atoms. The lowest BCUT2D eigenvalue weighted by molar-refractivity contribution is -0.179. The molecule has 0 atom stereocenters. The lowest BCUT2D eigenvalue weighted by Gasteiger charge is -2.11. The van der Waals surface area contributed by atoms with Crippen molar-refractivity contribution < 1.29 is 29.2 Å². The van der Waals surface area contributed by atoms with Gasteiger partial charge >= 0.3 is 6.48 Å². The maximum atomic E-state index is 12.6. The van der Waals surface area contributed by atoms with Crippen LogP contribution < -0.4 is 14.9 Å². The normalized spacial score (nSPS) is 11.0. The Bertz CT molecular complexity index is 900. The number of aliphatic hydroxyl groups is 3. The average molecular weight is 330 g/mol. The van der Waals surface area contributed by atoms with Gasteiger partial charge in [0.05, 0.1) is 5.39 Å². The molecule has 1 aromatic heterocycles. The number of aliphatic hydroxyl groups excluding tert-OH is 2. The van der Waals surface area contributed by atoms with Gasteiger partial charge < -0.3 is 29.2 Å². The van der Waals surface area contributed by atoms with Crippen LogP contribution in [0.2, 0.25) is 0 Å². The number of rotatable bonds is 5. The smallest absolute Gasteiger partial charge is 0.310 e. The molecule has 0 fully saturated rings. The molecular weight excluding hydrogens is 316 g/mol. The molecule has 0 aliphatic heterocycles. The molecule has 0 amide bonds. The summed E-state index contributed by atoms with van der Waals surface area (Å²) in [5, 5.41) is 27.0. The SMILES string of the molecule is O=c1c(OCO)c(-c2ccccc2)oc2cc(OC(O)O)ccc12. The van der Waals surface area contributed by atoms with Gasteiger partial charge in [0, 0.05) is 11.6 Å². The Labute approximate surface area is 135 Å². The fourth-order valence-electron chi connectivity index (χ4n) is 2.33. The highest BCUT2D eigenvalue weighted by Crippen LogP contribution is 2.32. The Morgan fingerprint density at radius 3 is 2.50 bits per heavy atom. The molecule has 7 heteroatoms. The van der Waals surface area contributed by atoms with Crippen LogP contribution in [0.25, 0.3) is 22.3 Å². The van der Waals surface area contributed by atoms with Gasteiger partial charge in [-0.15, -0.1) is 0 Å². The summed E-state index contributed by atoms with van der Waals surface area (Å²) in [6, 6.07) is 13.0. The van der Waals surface area contributed by atoms with Crippen molar-refractivity contribution >= 4 is 11.0 Å². The molecule has 0 aliphatic carbocycles. The third kappa shape index (κ3) is 3.09. The van der Waals surface area contributed by atoms with E-state index >= 15 is 0 Å². The zero-order valence-corrected chi connectivity index (χ0v) is 12.4. The van der Waals surface area contributed by atoms with Crippen LogP contribution in [-0.2, 0) is 0 Å². The standard InChI is InChI=1S/C17H14O7/c18-9-22-16-14(19)12-7-6-11(23-17(20)21)8-13(12)24-15(16)10-4-2-1-3-5-10/h1-8,17-18,20-21H,9H2. The van der Waals surface area contributed by atoms with Gasteiger partial charge in [0.1, 0.15) is 11.3 Å². The predicted octanol–water partition coefficient (Wildman–Crippen LogP) is 1.44. The summed E-state index contributed by atoms with van der Waals surface area (Å²) in [6.45, 7) is -2.66. The first-order chi connectivity index (χ1) is 11.6. The van der Waals surface area contributed by atoms with Crippen LogP contribution >= 0.6 is 0 Å². The van der Waals surface area contributed by atoms with Crippen molar-refractivity contribution in [3.05, 3.63) is 58.8 Å². The Morgan fingerprint density at radius 1 is 1.08 bits per heavy atom. The van der Waals surface area contributed by atoms with Gasteiger partial charge in [0.15, 0.2) is 12.6 Å². The summed E-state index contributed by atoms with van der Waals surface area (Å²) in [4.78, 5) is 12.6. The number of hydrogen-bond acceptors (Lipinski definition) is 7. The minimum atomic E-state index is -1.99. The highest BCUT2D eigenvalue weighted by Gasteiger charge is 2.18. The molecular formula is C17H14O7. The van der Waals surface area contributed by atoms with Gasteiger partial charge in [-0.2, -0.15) is 0 Å². The molecule has 1 heterocycles. The molecule has 124 valence electrons. The van der Waals surface area contributed by atoms with Crippen LogP contribution in [0.3, 0.4) is 0 Å². The number of fused-ring (bicyclic) bond motifs is 1. The van der Waals surface area contributed by atoms with Crippen LogP contribution in [0.5, 0.6) is 11.5 Å². The molecule has 0 spiro atoms. The first-order valence-corrected chi connectivity index (χ1v) is 7.03. The molecule has 0 aliphatic rings. The molecule has 0 saturated heterocycles. The van der Waals surface area contributed by atoms with Crippen molar-refractivity contribution in [2.45, 2.75) is 6.48 Å². The first-order valence-electron chi connectivity index (χ1n) is 7.03. The highest BCUT2D eigenvalue weighted by molar-refractivity contribution is 5.83. The summed E-state index contributed by atoms with van der Waals surface area (Å²) < 4.78 is 15.6. The molecule has 0 radical (unpaired) electrons. The van der Waals surface area contributed by atoms with E-state index in [1.165, 1.54) is 18.2 Å². The Kier molecular flexibility index (Phi) is 4.48. The lowest BCUT2D eigenvalue weighted by Crippen LogP contribution is -2.14. The second-order valence-electron chi connectivity index (χ2n) is 4.83. The summed E-state index contributed by atoms with van der Waals surface area (Å²) >= 11 is 0. The van der Waals surface area contributed by atoms with Gasteiger partial charge in [0.2, 0.25) is 11.2 Å². The predicted molar refractivity (Wildman–Crippen MR) is 84.5 cm³/mol. The maximum absolute atomic E-state index is 12.6. The number of benzene rings is 2. The molecule has 3 N–H and O–H groups in total. The Balaban J connectivity index is 2.24. The van der Waals surface area contributed by atoms with E-state index < -0.39 is 18.7 Å². The third-order valence-electron chi connectivity index (χ3n) is 3.31. The van der Waals surface area contributed by atoms with E-state index in [0.29, 0.717) is 5.56 Å². The molecule has 0 unspecified atom stereocenters. The second kappa shape index (κ2) is 6.71. The van der Waals surface area contributed by atoms with Crippen molar-refractivity contribution in [3.8, 4) is 22.8 Å². The van der Waals surface area contributed by atoms with Crippen molar-refractivity contribution in [2.24, 2.45) is 0 Å². The summed E-state index contributed by atoms with van der Waals surface area (Å²) in [5.41, 5.74) is 0.316. The van der Waals surface area contributed by atoms with Gasteiger partial charge in [-0.1, -0.05) is 30.3 Å². The Morgan fingerprint density at radius 2 is 1.83 bits per heavy atom. The molecule has 3 rings (SSSR count). The van der Waals surface area contributed by atoms with Gasteiger partial charge in [-0.3, -0.25) is 4.79 Å². The van der Waals surface area contributed by atoms with E-state index in [1.807, 2.05) is 6.07 Å². The largest absolute Gasteiger partial charge is 0.460 e. The zero-order chi connectivity index (χ0) is 17.1. The second-order valence-corrected chi connectivity index (χ2v) is 4.83. The first kappa shape index (κ1) is 16.0. The van der Waals surface area contributed by atoms with Crippen LogP contribution in [0, 0.1) is 0 Å². The summed E-state index contributed by atoms with van der Waals surface area (Å²) in [5.74, 6) is 0.173. The average Bonchev–Trinajstić information content (AvgIpc) is 2.57. The fraction of sp³-hybridized carbons (Fsp3) is 0.118. The zero-order valence-electron chi connectivity index (χ0n) is 12.4. The molecule has 3 aromatic rings. The maximum Gasteiger partial charge on any atom is 0.310 e. The molecule has 7 nitrogen and oxygen atoms in total. The van der Waals surface area contributed by atoms with Crippen molar-refractivity contribution in [3.63, 3.8) is 0 Å². The highest BCUT2D eigenvalue weighted by atomic mass is 16.7. The van der Waals surface area contributed by atoms with Crippen LogP contribution in [0.4, 0.5) is 0 Å². The lowest BCUT2D eigenvalue weighted by atomic mass is 10.1. The van der Waals surface area contributed by atoms with Gasteiger partial charge in [-0.05, 0) is 12.1 Å². The van der Waals surface area contributed by atoms with Crippen molar-refractivity contribution in [1.82, 2.24) is 0 Å². The van der Waals surface area contributed by atoms with Crippen LogP contribution in [-0.4, -0.2) is 28.6 Å².